The monoisotopic (exact) mass is 448 g/mol. The molecule has 0 aliphatic rings. The molecule has 0 aliphatic carbocycles. The van der Waals surface area contributed by atoms with Crippen LogP contribution >= 0.6 is 23.4 Å². The van der Waals surface area contributed by atoms with E-state index < -0.39 is 6.04 Å². The maximum Gasteiger partial charge on any atom is 0.242 e. The van der Waals surface area contributed by atoms with E-state index in [1.807, 2.05) is 62.4 Å². The van der Waals surface area contributed by atoms with Gasteiger partial charge in [-0.15, -0.1) is 11.8 Å². The molecule has 0 bridgehead atoms. The maximum atomic E-state index is 13.1. The summed E-state index contributed by atoms with van der Waals surface area (Å²) in [6.45, 7) is 4.69. The van der Waals surface area contributed by atoms with E-state index in [-0.39, 0.29) is 11.8 Å². The Kier molecular flexibility index (Phi) is 10.0. The van der Waals surface area contributed by atoms with Gasteiger partial charge >= 0.3 is 0 Å². The Hall–Kier alpha value is -2.18. The third-order valence-electron chi connectivity index (χ3n) is 4.62. The topological polar surface area (TPSA) is 58.6 Å². The van der Waals surface area contributed by atoms with Gasteiger partial charge in [-0.3, -0.25) is 9.59 Å². The van der Waals surface area contributed by atoms with E-state index in [1.165, 1.54) is 0 Å². The molecule has 0 unspecified atom stereocenters. The van der Waals surface area contributed by atoms with Crippen LogP contribution in [0.5, 0.6) is 5.75 Å². The molecule has 0 radical (unpaired) electrons. The fourth-order valence-electron chi connectivity index (χ4n) is 3.11. The molecule has 5 nitrogen and oxygen atoms in total. The van der Waals surface area contributed by atoms with E-state index in [1.54, 1.807) is 23.8 Å². The van der Waals surface area contributed by atoms with Crippen LogP contribution in [0, 0.1) is 0 Å². The molecule has 2 rings (SSSR count). The Labute approximate surface area is 188 Å². The van der Waals surface area contributed by atoms with Gasteiger partial charge in [0.2, 0.25) is 11.8 Å². The van der Waals surface area contributed by atoms with E-state index in [9.17, 15) is 9.59 Å². The number of nitrogens with zero attached hydrogens (tertiary/aromatic N) is 1. The number of nitrogens with one attached hydrogen (secondary N) is 1. The van der Waals surface area contributed by atoms with E-state index in [0.717, 1.165) is 16.2 Å². The number of hydrogen-bond donors (Lipinski definition) is 1. The lowest BCUT2D eigenvalue weighted by atomic mass is 10.1. The Bertz CT molecular complexity index is 829. The van der Waals surface area contributed by atoms with Gasteiger partial charge < -0.3 is 15.0 Å². The lowest BCUT2D eigenvalue weighted by Gasteiger charge is -2.30. The van der Waals surface area contributed by atoms with Gasteiger partial charge in [0.15, 0.2) is 0 Å². The fraction of sp³-hybridized carbons (Fsp3) is 0.391. The Morgan fingerprint density at radius 3 is 2.53 bits per heavy atom. The molecule has 0 saturated carbocycles. The van der Waals surface area contributed by atoms with E-state index >= 15 is 0 Å². The standard InChI is InChI=1S/C23H29ClN2O3S/c1-4-21(23(28)25-5-2)26(16-17-7-6-8-19(15-17)29-3)22(27)13-14-30-20-11-9-18(24)10-12-20/h6-12,15,21H,4-5,13-14,16H2,1-3H3,(H,25,28)/t21-/m0/s1. The molecule has 162 valence electrons. The van der Waals surface area contributed by atoms with Crippen LogP contribution in [0.15, 0.2) is 53.4 Å². The number of thioether (sulfide) groups is 1. The Balaban J connectivity index is 2.12. The zero-order valence-corrected chi connectivity index (χ0v) is 19.3. The predicted molar refractivity (Wildman–Crippen MR) is 123 cm³/mol. The van der Waals surface area contributed by atoms with Gasteiger partial charge in [-0.1, -0.05) is 30.7 Å². The smallest absolute Gasteiger partial charge is 0.242 e. The summed E-state index contributed by atoms with van der Waals surface area (Å²) < 4.78 is 5.30. The first-order valence-corrected chi connectivity index (χ1v) is 11.4. The predicted octanol–water partition coefficient (Wildman–Crippen LogP) is 4.77. The normalized spacial score (nSPS) is 11.6. The van der Waals surface area contributed by atoms with Crippen molar-refractivity contribution in [2.45, 2.75) is 44.2 Å². The van der Waals surface area contributed by atoms with Crippen molar-refractivity contribution in [1.29, 1.82) is 0 Å². The first kappa shape index (κ1) is 24.1. The number of hydrogen-bond acceptors (Lipinski definition) is 4. The Morgan fingerprint density at radius 2 is 1.90 bits per heavy atom. The molecule has 1 N–H and O–H groups in total. The molecule has 7 heteroatoms. The van der Waals surface area contributed by atoms with Gasteiger partial charge in [0.1, 0.15) is 11.8 Å². The number of methoxy groups -OCH3 is 1. The second kappa shape index (κ2) is 12.5. The van der Waals surface area contributed by atoms with Gasteiger partial charge in [-0.2, -0.15) is 0 Å². The number of likely N-dealkylation sites (N-methyl/N-ethyl adjacent to an activating group) is 1. The first-order chi connectivity index (χ1) is 14.5. The van der Waals surface area contributed by atoms with Crippen molar-refractivity contribution in [2.24, 2.45) is 0 Å². The van der Waals surface area contributed by atoms with Crippen molar-refractivity contribution in [2.75, 3.05) is 19.4 Å². The molecular weight excluding hydrogens is 420 g/mol. The van der Waals surface area contributed by atoms with Crippen LogP contribution in [0.4, 0.5) is 0 Å². The molecule has 1 atom stereocenters. The van der Waals surface area contributed by atoms with Crippen molar-refractivity contribution in [3.8, 4) is 5.75 Å². The fourth-order valence-corrected chi connectivity index (χ4v) is 4.08. The zero-order valence-electron chi connectivity index (χ0n) is 17.7. The van der Waals surface area contributed by atoms with Gasteiger partial charge in [-0.25, -0.2) is 0 Å². The molecule has 2 aromatic rings. The summed E-state index contributed by atoms with van der Waals surface area (Å²) in [6, 6.07) is 14.6. The number of carbonyl (C=O) groups excluding carboxylic acids is 2. The summed E-state index contributed by atoms with van der Waals surface area (Å²) >= 11 is 7.52. The molecule has 30 heavy (non-hydrogen) atoms. The quantitative estimate of drug-likeness (QED) is 0.503. The van der Waals surface area contributed by atoms with Crippen LogP contribution in [0.2, 0.25) is 5.02 Å². The van der Waals surface area contributed by atoms with Crippen molar-refractivity contribution in [3.63, 3.8) is 0 Å². The third-order valence-corrected chi connectivity index (χ3v) is 5.89. The summed E-state index contributed by atoms with van der Waals surface area (Å²) in [6.07, 6.45) is 0.888. The summed E-state index contributed by atoms with van der Waals surface area (Å²) in [5.41, 5.74) is 0.927. The van der Waals surface area contributed by atoms with Crippen molar-refractivity contribution < 1.29 is 14.3 Å². The van der Waals surface area contributed by atoms with E-state index in [4.69, 9.17) is 16.3 Å². The van der Waals surface area contributed by atoms with E-state index in [2.05, 4.69) is 5.32 Å². The third kappa shape index (κ3) is 7.26. The van der Waals surface area contributed by atoms with Crippen LogP contribution in [0.1, 0.15) is 32.3 Å². The van der Waals surface area contributed by atoms with Crippen LogP contribution < -0.4 is 10.1 Å². The molecule has 0 aliphatic heterocycles. The van der Waals surface area contributed by atoms with Crippen LogP contribution in [-0.4, -0.2) is 42.2 Å². The molecule has 0 saturated heterocycles. The summed E-state index contributed by atoms with van der Waals surface area (Å²) in [5, 5.41) is 3.54. The minimum Gasteiger partial charge on any atom is -0.497 e. The lowest BCUT2D eigenvalue weighted by Crippen LogP contribution is -2.49. The van der Waals surface area contributed by atoms with Crippen LogP contribution in [0.3, 0.4) is 0 Å². The average molecular weight is 449 g/mol. The van der Waals surface area contributed by atoms with Gasteiger partial charge in [-0.05, 0) is 55.3 Å². The van der Waals surface area contributed by atoms with E-state index in [0.29, 0.717) is 36.7 Å². The number of rotatable bonds is 11. The van der Waals surface area contributed by atoms with Gasteiger partial charge in [0.25, 0.3) is 0 Å². The second-order valence-electron chi connectivity index (χ2n) is 6.74. The number of halogens is 1. The summed E-state index contributed by atoms with van der Waals surface area (Å²) in [5.74, 6) is 1.18. The molecule has 2 amide bonds. The largest absolute Gasteiger partial charge is 0.497 e. The molecule has 2 aromatic carbocycles. The minimum atomic E-state index is -0.510. The molecular formula is C23H29ClN2O3S. The summed E-state index contributed by atoms with van der Waals surface area (Å²) in [4.78, 5) is 28.5. The number of benzene rings is 2. The number of carbonyl (C=O) groups is 2. The number of ether oxygens (including phenoxy) is 1. The highest BCUT2D eigenvalue weighted by atomic mass is 35.5. The maximum absolute atomic E-state index is 13.1. The average Bonchev–Trinajstić information content (AvgIpc) is 2.75. The van der Waals surface area contributed by atoms with Gasteiger partial charge in [0, 0.05) is 35.2 Å². The molecule has 0 aromatic heterocycles. The number of amides is 2. The first-order valence-electron chi connectivity index (χ1n) is 10.1. The van der Waals surface area contributed by atoms with Crippen LogP contribution in [-0.2, 0) is 16.1 Å². The van der Waals surface area contributed by atoms with Crippen molar-refractivity contribution in [3.05, 3.63) is 59.1 Å². The minimum absolute atomic E-state index is 0.0441. The molecule has 0 heterocycles. The second-order valence-corrected chi connectivity index (χ2v) is 8.35. The SMILES string of the molecule is CCNC(=O)[C@H](CC)N(Cc1cccc(OC)c1)C(=O)CCSc1ccc(Cl)cc1. The molecule has 0 fully saturated rings. The highest BCUT2D eigenvalue weighted by Gasteiger charge is 2.28. The zero-order chi connectivity index (χ0) is 21.9. The van der Waals surface area contributed by atoms with Crippen molar-refractivity contribution >= 4 is 35.2 Å². The molecule has 0 spiro atoms. The van der Waals surface area contributed by atoms with Gasteiger partial charge in [0.05, 0.1) is 7.11 Å². The lowest BCUT2D eigenvalue weighted by molar-refractivity contribution is -0.141. The van der Waals surface area contributed by atoms with Crippen LogP contribution in [0.25, 0.3) is 0 Å². The Morgan fingerprint density at radius 1 is 1.17 bits per heavy atom. The summed E-state index contributed by atoms with van der Waals surface area (Å²) in [7, 11) is 1.61. The van der Waals surface area contributed by atoms with Crippen molar-refractivity contribution in [1.82, 2.24) is 10.2 Å². The highest BCUT2D eigenvalue weighted by Crippen LogP contribution is 2.23. The highest BCUT2D eigenvalue weighted by molar-refractivity contribution is 7.99.